The summed E-state index contributed by atoms with van der Waals surface area (Å²) < 4.78 is 0. The van der Waals surface area contributed by atoms with Crippen LogP contribution in [0.15, 0.2) is 84.6 Å². The van der Waals surface area contributed by atoms with Gasteiger partial charge in [-0.05, 0) is 55.0 Å². The molecule has 0 aliphatic rings. The van der Waals surface area contributed by atoms with Crippen LogP contribution >= 0.6 is 11.6 Å². The Hall–Kier alpha value is -3.70. The maximum atomic E-state index is 12.9. The molecule has 0 spiro atoms. The first-order chi connectivity index (χ1) is 14.4. The van der Waals surface area contributed by atoms with Crippen molar-refractivity contribution in [3.05, 3.63) is 106 Å². The molecule has 0 heterocycles. The van der Waals surface area contributed by atoms with Crippen LogP contribution in [0.1, 0.15) is 33.2 Å². The number of Topliss-reactive ketones (excluding diaryl/α,β-unsaturated/α-hetero) is 1. The number of carbonyl (C=O) groups excluding carboxylic acids is 3. The van der Waals surface area contributed by atoms with Crippen molar-refractivity contribution in [2.24, 2.45) is 0 Å². The second kappa shape index (κ2) is 9.67. The van der Waals surface area contributed by atoms with Crippen LogP contribution < -0.4 is 10.6 Å². The molecule has 0 bridgehead atoms. The molecular weight excluding hydrogens is 400 g/mol. The Morgan fingerprint density at radius 2 is 1.47 bits per heavy atom. The van der Waals surface area contributed by atoms with E-state index in [9.17, 15) is 14.4 Å². The molecule has 2 amide bonds. The number of rotatable bonds is 6. The van der Waals surface area contributed by atoms with E-state index >= 15 is 0 Å². The highest BCUT2D eigenvalue weighted by Crippen LogP contribution is 2.17. The van der Waals surface area contributed by atoms with E-state index in [0.29, 0.717) is 11.3 Å². The third kappa shape index (κ3) is 5.43. The van der Waals surface area contributed by atoms with Crippen LogP contribution in [0.3, 0.4) is 0 Å². The van der Waals surface area contributed by atoms with Crippen molar-refractivity contribution in [1.29, 1.82) is 0 Å². The van der Waals surface area contributed by atoms with Crippen LogP contribution in [0, 0.1) is 0 Å². The highest BCUT2D eigenvalue weighted by molar-refractivity contribution is 6.34. The molecule has 30 heavy (non-hydrogen) atoms. The van der Waals surface area contributed by atoms with Gasteiger partial charge in [-0.3, -0.25) is 14.4 Å². The summed E-state index contributed by atoms with van der Waals surface area (Å²) in [6.07, 6.45) is 1.58. The molecule has 0 aliphatic carbocycles. The summed E-state index contributed by atoms with van der Waals surface area (Å²) in [5, 5.41) is 5.66. The number of nitrogens with one attached hydrogen (secondary N) is 2. The summed E-state index contributed by atoms with van der Waals surface area (Å²) in [5.41, 5.74) is 2.10. The molecule has 150 valence electrons. The van der Waals surface area contributed by atoms with Gasteiger partial charge < -0.3 is 10.6 Å². The minimum absolute atomic E-state index is 0.0572. The number of hydrogen-bond acceptors (Lipinski definition) is 3. The van der Waals surface area contributed by atoms with Gasteiger partial charge in [-0.15, -0.1) is 0 Å². The van der Waals surface area contributed by atoms with E-state index in [-0.39, 0.29) is 22.1 Å². The first kappa shape index (κ1) is 21.0. The molecule has 5 nitrogen and oxygen atoms in total. The third-order valence-corrected chi connectivity index (χ3v) is 4.60. The molecular formula is C24H19ClN2O3. The van der Waals surface area contributed by atoms with Crippen molar-refractivity contribution in [3.8, 4) is 0 Å². The Bertz CT molecular complexity index is 1110. The average Bonchev–Trinajstić information content (AvgIpc) is 2.74. The smallest absolute Gasteiger partial charge is 0.272 e. The number of ketones is 1. The minimum Gasteiger partial charge on any atom is -0.321 e. The van der Waals surface area contributed by atoms with Gasteiger partial charge in [0.25, 0.3) is 11.8 Å². The zero-order valence-electron chi connectivity index (χ0n) is 16.2. The summed E-state index contributed by atoms with van der Waals surface area (Å²) in [6.45, 7) is 1.47. The molecule has 6 heteroatoms. The third-order valence-electron chi connectivity index (χ3n) is 4.27. The van der Waals surface area contributed by atoms with Crippen LogP contribution in [0.2, 0.25) is 5.02 Å². The Kier molecular flexibility index (Phi) is 6.78. The zero-order valence-corrected chi connectivity index (χ0v) is 16.9. The standard InChI is InChI=1S/C24H19ClN2O3/c1-16(28)18-11-13-19(14-12-18)26-24(30)22(15-17-7-3-2-4-8-17)27-23(29)20-9-5-6-10-21(20)25/h2-15H,1H3,(H,26,30)(H,27,29). The van der Waals surface area contributed by atoms with E-state index in [0.717, 1.165) is 5.56 Å². The molecule has 0 aliphatic heterocycles. The number of hydrogen-bond donors (Lipinski definition) is 2. The largest absolute Gasteiger partial charge is 0.321 e. The predicted molar refractivity (Wildman–Crippen MR) is 118 cm³/mol. The highest BCUT2D eigenvalue weighted by atomic mass is 35.5. The zero-order chi connectivity index (χ0) is 21.5. The van der Waals surface area contributed by atoms with E-state index in [2.05, 4.69) is 10.6 Å². The summed E-state index contributed by atoms with van der Waals surface area (Å²) in [4.78, 5) is 37.0. The second-order valence-electron chi connectivity index (χ2n) is 6.49. The Morgan fingerprint density at radius 3 is 2.10 bits per heavy atom. The van der Waals surface area contributed by atoms with Gasteiger partial charge in [0, 0.05) is 11.3 Å². The van der Waals surface area contributed by atoms with Crippen molar-refractivity contribution in [2.45, 2.75) is 6.92 Å². The van der Waals surface area contributed by atoms with E-state index < -0.39 is 11.8 Å². The van der Waals surface area contributed by atoms with Gasteiger partial charge in [-0.2, -0.15) is 0 Å². The Balaban J connectivity index is 1.86. The SMILES string of the molecule is CC(=O)c1ccc(NC(=O)C(=Cc2ccccc2)NC(=O)c2ccccc2Cl)cc1. The van der Waals surface area contributed by atoms with Gasteiger partial charge in [0.2, 0.25) is 0 Å². The molecule has 3 aromatic rings. The van der Waals surface area contributed by atoms with Gasteiger partial charge in [0.15, 0.2) is 5.78 Å². The summed E-state index contributed by atoms with van der Waals surface area (Å²) >= 11 is 6.10. The van der Waals surface area contributed by atoms with Crippen molar-refractivity contribution < 1.29 is 14.4 Å². The van der Waals surface area contributed by atoms with E-state index in [1.54, 1.807) is 54.6 Å². The lowest BCUT2D eigenvalue weighted by Gasteiger charge is -2.12. The molecule has 3 aromatic carbocycles. The van der Waals surface area contributed by atoms with Crippen LogP contribution in [0.5, 0.6) is 0 Å². The van der Waals surface area contributed by atoms with Crippen LogP contribution in [-0.4, -0.2) is 17.6 Å². The van der Waals surface area contributed by atoms with Gasteiger partial charge in [0.1, 0.15) is 5.70 Å². The highest BCUT2D eigenvalue weighted by Gasteiger charge is 2.17. The number of anilines is 1. The second-order valence-corrected chi connectivity index (χ2v) is 6.90. The average molecular weight is 419 g/mol. The molecule has 2 N–H and O–H groups in total. The quantitative estimate of drug-likeness (QED) is 0.439. The maximum absolute atomic E-state index is 12.9. The number of amides is 2. The molecule has 0 saturated carbocycles. The molecule has 0 fully saturated rings. The molecule has 0 atom stereocenters. The first-order valence-electron chi connectivity index (χ1n) is 9.19. The molecule has 0 saturated heterocycles. The van der Waals surface area contributed by atoms with Crippen LogP contribution in [0.4, 0.5) is 5.69 Å². The van der Waals surface area contributed by atoms with Gasteiger partial charge in [-0.1, -0.05) is 54.1 Å². The summed E-state index contributed by atoms with van der Waals surface area (Å²) in [7, 11) is 0. The minimum atomic E-state index is -0.505. The molecule has 0 unspecified atom stereocenters. The Morgan fingerprint density at radius 1 is 0.833 bits per heavy atom. The van der Waals surface area contributed by atoms with Crippen molar-refractivity contribution >= 4 is 41.0 Å². The number of halogens is 1. The van der Waals surface area contributed by atoms with E-state index in [1.807, 2.05) is 30.3 Å². The maximum Gasteiger partial charge on any atom is 0.272 e. The van der Waals surface area contributed by atoms with E-state index in [4.69, 9.17) is 11.6 Å². The topological polar surface area (TPSA) is 75.3 Å². The number of carbonyl (C=O) groups is 3. The van der Waals surface area contributed by atoms with Gasteiger partial charge in [0.05, 0.1) is 10.6 Å². The van der Waals surface area contributed by atoms with Gasteiger partial charge in [-0.25, -0.2) is 0 Å². The fourth-order valence-electron chi connectivity index (χ4n) is 2.70. The predicted octanol–water partition coefficient (Wildman–Crippen LogP) is 4.95. The summed E-state index contributed by atoms with van der Waals surface area (Å²) in [5.74, 6) is -1.07. The summed E-state index contributed by atoms with van der Waals surface area (Å²) in [6, 6.07) is 22.3. The lowest BCUT2D eigenvalue weighted by Crippen LogP contribution is -2.31. The number of benzene rings is 3. The molecule has 0 aromatic heterocycles. The van der Waals surface area contributed by atoms with Gasteiger partial charge >= 0.3 is 0 Å². The lowest BCUT2D eigenvalue weighted by atomic mass is 10.1. The van der Waals surface area contributed by atoms with Crippen LogP contribution in [-0.2, 0) is 4.79 Å². The fraction of sp³-hybridized carbons (Fsp3) is 0.0417. The van der Waals surface area contributed by atoms with Crippen molar-refractivity contribution in [1.82, 2.24) is 5.32 Å². The first-order valence-corrected chi connectivity index (χ1v) is 9.57. The Labute approximate surface area is 179 Å². The van der Waals surface area contributed by atoms with Crippen LogP contribution in [0.25, 0.3) is 6.08 Å². The molecule has 3 rings (SSSR count). The monoisotopic (exact) mass is 418 g/mol. The van der Waals surface area contributed by atoms with E-state index in [1.165, 1.54) is 6.92 Å². The molecule has 0 radical (unpaired) electrons. The van der Waals surface area contributed by atoms with Crippen molar-refractivity contribution in [3.63, 3.8) is 0 Å². The normalized spacial score (nSPS) is 10.9. The fourth-order valence-corrected chi connectivity index (χ4v) is 2.92. The lowest BCUT2D eigenvalue weighted by molar-refractivity contribution is -0.113. The van der Waals surface area contributed by atoms with Crippen molar-refractivity contribution in [2.75, 3.05) is 5.32 Å².